The van der Waals surface area contributed by atoms with Crippen LogP contribution in [0.2, 0.25) is 0 Å². The van der Waals surface area contributed by atoms with Crippen LogP contribution in [0.4, 0.5) is 0 Å². The van der Waals surface area contributed by atoms with E-state index in [1.807, 2.05) is 0 Å². The van der Waals surface area contributed by atoms with Gasteiger partial charge in [-0.1, -0.05) is 18.7 Å². The molecule has 4 heteroatoms. The van der Waals surface area contributed by atoms with Crippen LogP contribution in [-0.4, -0.2) is 22.5 Å². The van der Waals surface area contributed by atoms with Crippen LogP contribution in [0.5, 0.6) is 0 Å². The highest BCUT2D eigenvalue weighted by atomic mass is 32.2. The third kappa shape index (κ3) is 1.90. The normalized spacial score (nSPS) is 25.8. The third-order valence-corrected chi connectivity index (χ3v) is 3.56. The molecule has 1 saturated carbocycles. The number of hydrogen-bond acceptors (Lipinski definition) is 3. The number of rotatable bonds is 2. The summed E-state index contributed by atoms with van der Waals surface area (Å²) in [5.74, 6) is 1.06. The van der Waals surface area contributed by atoms with E-state index in [1.165, 1.54) is 0 Å². The number of thioether (sulfide) groups is 1. The van der Waals surface area contributed by atoms with E-state index in [2.05, 4.69) is 16.9 Å². The van der Waals surface area contributed by atoms with Crippen molar-refractivity contribution in [1.29, 1.82) is 0 Å². The van der Waals surface area contributed by atoms with E-state index in [9.17, 15) is 4.79 Å². The molecule has 0 aromatic rings. The zero-order valence-corrected chi connectivity index (χ0v) is 9.14. The van der Waals surface area contributed by atoms with Gasteiger partial charge in [-0.15, -0.1) is 0 Å². The van der Waals surface area contributed by atoms with E-state index in [4.69, 9.17) is 0 Å². The number of amidine groups is 1. The summed E-state index contributed by atoms with van der Waals surface area (Å²) >= 11 is 1.59. The van der Waals surface area contributed by atoms with Gasteiger partial charge in [-0.2, -0.15) is 4.99 Å². The van der Waals surface area contributed by atoms with Crippen molar-refractivity contribution >= 4 is 28.5 Å². The molecule has 1 amide bonds. The lowest BCUT2D eigenvalue weighted by molar-refractivity contribution is -0.119. The van der Waals surface area contributed by atoms with Crippen molar-refractivity contribution in [2.45, 2.75) is 32.6 Å². The monoisotopic (exact) mass is 210 g/mol. The summed E-state index contributed by atoms with van der Waals surface area (Å²) < 4.78 is 0. The van der Waals surface area contributed by atoms with Crippen molar-refractivity contribution in [3.63, 3.8) is 0 Å². The van der Waals surface area contributed by atoms with Gasteiger partial charge < -0.3 is 0 Å². The van der Waals surface area contributed by atoms with Crippen LogP contribution >= 0.6 is 11.8 Å². The molecule has 76 valence electrons. The Kier molecular flexibility index (Phi) is 3.01. The molecule has 1 heterocycles. The van der Waals surface area contributed by atoms with Gasteiger partial charge in [0.25, 0.3) is 5.91 Å². The zero-order valence-electron chi connectivity index (χ0n) is 8.32. The van der Waals surface area contributed by atoms with Crippen molar-refractivity contribution in [1.82, 2.24) is 0 Å². The Labute approximate surface area is 88.1 Å². The maximum atomic E-state index is 11.6. The Bertz CT molecular complexity index is 309. The Hall–Kier alpha value is -0.640. The Morgan fingerprint density at radius 2 is 2.36 bits per heavy atom. The van der Waals surface area contributed by atoms with Crippen LogP contribution in [-0.2, 0) is 4.79 Å². The molecule has 2 aliphatic rings. The molecule has 0 N–H and O–H groups in total. The Balaban J connectivity index is 2.09. The number of carbonyl (C=O) groups is 1. The lowest BCUT2D eigenvalue weighted by atomic mass is 10.1. The number of amides is 1. The first-order valence-corrected chi connectivity index (χ1v) is 6.12. The number of aliphatic imine (C=N–C) groups is 2. The first-order chi connectivity index (χ1) is 6.81. The van der Waals surface area contributed by atoms with Crippen molar-refractivity contribution in [2.75, 3.05) is 5.75 Å². The molecule has 0 bridgehead atoms. The number of hydrogen-bond donors (Lipinski definition) is 0. The smallest absolute Gasteiger partial charge is 0.256 e. The van der Waals surface area contributed by atoms with Gasteiger partial charge in [-0.3, -0.25) is 4.79 Å². The van der Waals surface area contributed by atoms with Crippen molar-refractivity contribution in [3.05, 3.63) is 0 Å². The largest absolute Gasteiger partial charge is 0.272 e. The molecule has 3 nitrogen and oxygen atoms in total. The molecule has 1 aliphatic carbocycles. The van der Waals surface area contributed by atoms with Gasteiger partial charge in [0.05, 0.1) is 5.92 Å². The van der Waals surface area contributed by atoms with Gasteiger partial charge in [0.1, 0.15) is 0 Å². The average Bonchev–Trinajstić information content (AvgIpc) is 2.63. The molecule has 1 unspecified atom stereocenters. The molecule has 0 aromatic carbocycles. The topological polar surface area (TPSA) is 41.8 Å². The quantitative estimate of drug-likeness (QED) is 0.701. The molecular formula is C10H14N2OS. The minimum atomic E-state index is 0.0287. The van der Waals surface area contributed by atoms with E-state index >= 15 is 0 Å². The summed E-state index contributed by atoms with van der Waals surface area (Å²) in [5.41, 5.74) is 1.07. The van der Waals surface area contributed by atoms with Gasteiger partial charge in [0.2, 0.25) is 0 Å². The fraction of sp³-hybridized carbons (Fsp3) is 0.700. The maximum Gasteiger partial charge on any atom is 0.256 e. The van der Waals surface area contributed by atoms with Crippen LogP contribution in [0.25, 0.3) is 0 Å². The van der Waals surface area contributed by atoms with Gasteiger partial charge in [0, 0.05) is 11.5 Å². The van der Waals surface area contributed by atoms with Crippen molar-refractivity contribution in [2.24, 2.45) is 15.9 Å². The fourth-order valence-corrected chi connectivity index (χ4v) is 2.53. The van der Waals surface area contributed by atoms with Crippen molar-refractivity contribution in [3.8, 4) is 0 Å². The molecule has 0 radical (unpaired) electrons. The van der Waals surface area contributed by atoms with E-state index in [0.29, 0.717) is 5.17 Å². The van der Waals surface area contributed by atoms with Gasteiger partial charge in [-0.25, -0.2) is 4.99 Å². The second kappa shape index (κ2) is 4.26. The predicted octanol–water partition coefficient (Wildman–Crippen LogP) is 2.27. The molecule has 0 spiro atoms. The summed E-state index contributed by atoms with van der Waals surface area (Å²) in [6.07, 6.45) is 4.12. The van der Waals surface area contributed by atoms with Crippen LogP contribution in [0.3, 0.4) is 0 Å². The minimum Gasteiger partial charge on any atom is -0.272 e. The molecule has 0 saturated heterocycles. The van der Waals surface area contributed by atoms with E-state index in [1.54, 1.807) is 11.8 Å². The SMILES string of the molecule is CCCSC1=NC(=O)C2CCCC2=N1. The first kappa shape index (κ1) is 9.90. The van der Waals surface area contributed by atoms with Crippen molar-refractivity contribution < 1.29 is 4.79 Å². The average molecular weight is 210 g/mol. The first-order valence-electron chi connectivity index (χ1n) is 5.14. The Morgan fingerprint density at radius 3 is 3.14 bits per heavy atom. The predicted molar refractivity (Wildman–Crippen MR) is 60.0 cm³/mol. The van der Waals surface area contributed by atoms with Crippen LogP contribution in [0.1, 0.15) is 32.6 Å². The molecule has 14 heavy (non-hydrogen) atoms. The zero-order chi connectivity index (χ0) is 9.97. The summed E-state index contributed by atoms with van der Waals surface area (Å²) in [6.45, 7) is 2.11. The van der Waals surface area contributed by atoms with E-state index < -0.39 is 0 Å². The van der Waals surface area contributed by atoms with Gasteiger partial charge in [-0.05, 0) is 25.7 Å². The fourth-order valence-electron chi connectivity index (χ4n) is 1.81. The highest BCUT2D eigenvalue weighted by Gasteiger charge is 2.32. The number of nitrogens with zero attached hydrogens (tertiary/aromatic N) is 2. The molecule has 1 fully saturated rings. The minimum absolute atomic E-state index is 0.0287. The maximum absolute atomic E-state index is 11.6. The standard InChI is InChI=1S/C10H14N2OS/c1-2-6-14-10-11-8-5-3-4-7(8)9(13)12-10/h7H,2-6H2,1H3. The van der Waals surface area contributed by atoms with Gasteiger partial charge in [0.15, 0.2) is 5.17 Å². The van der Waals surface area contributed by atoms with Crippen LogP contribution in [0, 0.1) is 5.92 Å². The summed E-state index contributed by atoms with van der Waals surface area (Å²) in [7, 11) is 0. The lowest BCUT2D eigenvalue weighted by Crippen LogP contribution is -2.23. The second-order valence-electron chi connectivity index (χ2n) is 3.63. The number of fused-ring (bicyclic) bond motifs is 1. The second-order valence-corrected chi connectivity index (χ2v) is 4.69. The molecule has 0 aromatic heterocycles. The third-order valence-electron chi connectivity index (χ3n) is 2.51. The number of carbonyl (C=O) groups excluding carboxylic acids is 1. The van der Waals surface area contributed by atoms with Crippen LogP contribution in [0.15, 0.2) is 9.98 Å². The van der Waals surface area contributed by atoms with Crippen LogP contribution < -0.4 is 0 Å². The molecular weight excluding hydrogens is 196 g/mol. The Morgan fingerprint density at radius 1 is 1.50 bits per heavy atom. The van der Waals surface area contributed by atoms with E-state index in [-0.39, 0.29) is 11.8 Å². The summed E-state index contributed by atoms with van der Waals surface area (Å²) in [5, 5.41) is 0.685. The molecule has 1 aliphatic heterocycles. The molecule has 1 atom stereocenters. The van der Waals surface area contributed by atoms with Gasteiger partial charge >= 0.3 is 0 Å². The summed E-state index contributed by atoms with van der Waals surface area (Å²) in [6, 6.07) is 0. The highest BCUT2D eigenvalue weighted by molar-refractivity contribution is 8.13. The summed E-state index contributed by atoms with van der Waals surface area (Å²) in [4.78, 5) is 20.0. The lowest BCUT2D eigenvalue weighted by Gasteiger charge is -2.12. The molecule has 2 rings (SSSR count). The highest BCUT2D eigenvalue weighted by Crippen LogP contribution is 2.28. The van der Waals surface area contributed by atoms with E-state index in [0.717, 1.165) is 37.1 Å².